The molecule has 282 valence electrons. The van der Waals surface area contributed by atoms with Gasteiger partial charge in [-0.05, 0) is 77.6 Å². The topological polar surface area (TPSA) is 156 Å². The molecular weight excluding hydrogens is 669 g/mol. The number of sulfonamides is 2. The second-order valence-corrected chi connectivity index (χ2v) is 18.8. The lowest BCUT2D eigenvalue weighted by molar-refractivity contribution is -0.138. The van der Waals surface area contributed by atoms with E-state index in [0.717, 1.165) is 17.1 Å². The summed E-state index contributed by atoms with van der Waals surface area (Å²) in [6.07, 6.45) is -1.92. The molecule has 0 radical (unpaired) electrons. The van der Waals surface area contributed by atoms with Crippen LogP contribution in [0.25, 0.3) is 0 Å². The molecule has 0 bridgehead atoms. The first-order chi connectivity index (χ1) is 22.4. The molecule has 2 amide bonds. The van der Waals surface area contributed by atoms with E-state index in [-0.39, 0.29) is 63.9 Å². The zero-order valence-corrected chi connectivity index (χ0v) is 31.5. The molecule has 0 saturated heterocycles. The van der Waals surface area contributed by atoms with Crippen molar-refractivity contribution in [2.75, 3.05) is 40.3 Å². The highest BCUT2D eigenvalue weighted by molar-refractivity contribution is 7.90. The van der Waals surface area contributed by atoms with Crippen LogP contribution in [-0.2, 0) is 29.6 Å². The molecule has 0 aromatic carbocycles. The number of nitrogens with one attached hydrogen (secondary N) is 2. The highest BCUT2D eigenvalue weighted by Crippen LogP contribution is 2.36. The van der Waals surface area contributed by atoms with E-state index in [1.165, 1.54) is 33.0 Å². The Morgan fingerprint density at radius 1 is 0.833 bits per heavy atom. The zero-order chi connectivity index (χ0) is 36.4. The first-order valence-electron chi connectivity index (χ1n) is 17.6. The Morgan fingerprint density at radius 3 is 1.88 bits per heavy atom. The summed E-state index contributed by atoms with van der Waals surface area (Å²) in [6, 6.07) is -1.01. The second-order valence-electron chi connectivity index (χ2n) is 14.2. The van der Waals surface area contributed by atoms with Crippen molar-refractivity contribution in [3.63, 3.8) is 0 Å². The average Bonchev–Trinajstić information content (AvgIpc) is 2.99. The molecular formula is C32H61F2N5O7S2. The van der Waals surface area contributed by atoms with Crippen LogP contribution in [0, 0.1) is 17.8 Å². The summed E-state index contributed by atoms with van der Waals surface area (Å²) in [5, 5.41) is 14.0. The van der Waals surface area contributed by atoms with E-state index in [4.69, 9.17) is 0 Å². The summed E-state index contributed by atoms with van der Waals surface area (Å²) in [7, 11) is -4.75. The van der Waals surface area contributed by atoms with Crippen LogP contribution in [-0.4, -0.2) is 123 Å². The number of amides is 2. The van der Waals surface area contributed by atoms with Gasteiger partial charge in [-0.15, -0.1) is 4.83 Å². The van der Waals surface area contributed by atoms with Gasteiger partial charge >= 0.3 is 0 Å². The molecule has 0 heterocycles. The summed E-state index contributed by atoms with van der Waals surface area (Å²) in [5.74, 6) is -2.83. The van der Waals surface area contributed by atoms with Crippen molar-refractivity contribution in [2.24, 2.45) is 17.8 Å². The van der Waals surface area contributed by atoms with Gasteiger partial charge in [0.2, 0.25) is 31.9 Å². The number of halogens is 2. The maximum atomic E-state index is 14.4. The fourth-order valence-corrected chi connectivity index (χ4v) is 9.17. The maximum absolute atomic E-state index is 14.4. The van der Waals surface area contributed by atoms with Crippen molar-refractivity contribution >= 4 is 31.9 Å². The van der Waals surface area contributed by atoms with Gasteiger partial charge in [-0.1, -0.05) is 20.8 Å². The van der Waals surface area contributed by atoms with Crippen molar-refractivity contribution in [2.45, 2.75) is 134 Å². The van der Waals surface area contributed by atoms with Gasteiger partial charge in [-0.25, -0.2) is 34.9 Å². The van der Waals surface area contributed by atoms with Crippen LogP contribution in [0.15, 0.2) is 0 Å². The number of rotatable bonds is 19. The molecule has 2 aliphatic carbocycles. The van der Waals surface area contributed by atoms with Crippen molar-refractivity contribution in [1.82, 2.24) is 24.4 Å². The Kier molecular flexibility index (Phi) is 17.1. The largest absolute Gasteiger partial charge is 0.390 e. The molecule has 0 spiro atoms. The Morgan fingerprint density at radius 2 is 1.38 bits per heavy atom. The van der Waals surface area contributed by atoms with Gasteiger partial charge in [-0.2, -0.15) is 0 Å². The van der Waals surface area contributed by atoms with E-state index in [1.807, 2.05) is 20.8 Å². The van der Waals surface area contributed by atoms with Crippen LogP contribution in [0.2, 0.25) is 0 Å². The SMILES string of the molecule is CCCN(CC(O)C(CC1CC(F)CC(F)C1)NC(=O)C1CC(C(=O)N(CCC)CCC)CC(S(=O)(=O)N(C)C)C1)NS(=O)(=O)C(C)C. The van der Waals surface area contributed by atoms with Crippen LogP contribution in [0.4, 0.5) is 8.78 Å². The second kappa shape index (κ2) is 19.2. The predicted molar refractivity (Wildman–Crippen MR) is 183 cm³/mol. The van der Waals surface area contributed by atoms with Gasteiger partial charge in [0.15, 0.2) is 0 Å². The molecule has 2 aliphatic rings. The van der Waals surface area contributed by atoms with E-state index in [9.17, 15) is 40.3 Å². The fraction of sp³-hybridized carbons (Fsp3) is 0.938. The molecule has 48 heavy (non-hydrogen) atoms. The lowest BCUT2D eigenvalue weighted by Crippen LogP contribution is -2.55. The Labute approximate surface area is 287 Å². The molecule has 12 nitrogen and oxygen atoms in total. The summed E-state index contributed by atoms with van der Waals surface area (Å²) in [5.41, 5.74) is 0. The predicted octanol–water partition coefficient (Wildman–Crippen LogP) is 2.98. The molecule has 3 N–H and O–H groups in total. The van der Waals surface area contributed by atoms with Crippen molar-refractivity contribution < 1.29 is 40.3 Å². The Balaban J connectivity index is 2.41. The number of carbonyl (C=O) groups excluding carboxylic acids is 2. The average molecular weight is 730 g/mol. The summed E-state index contributed by atoms with van der Waals surface area (Å²) in [6.45, 7) is 9.87. The van der Waals surface area contributed by atoms with E-state index in [0.29, 0.717) is 19.5 Å². The number of aliphatic hydroxyl groups is 1. The van der Waals surface area contributed by atoms with Gasteiger partial charge in [-0.3, -0.25) is 9.59 Å². The molecule has 0 aromatic heterocycles. The molecule has 2 saturated carbocycles. The third kappa shape index (κ3) is 12.4. The number of hydrogen-bond donors (Lipinski definition) is 3. The Bertz CT molecular complexity index is 1230. The fourth-order valence-electron chi connectivity index (χ4n) is 6.89. The van der Waals surface area contributed by atoms with Crippen LogP contribution >= 0.6 is 0 Å². The quantitative estimate of drug-likeness (QED) is 0.172. The zero-order valence-electron chi connectivity index (χ0n) is 29.9. The molecule has 7 unspecified atom stereocenters. The van der Waals surface area contributed by atoms with Gasteiger partial charge < -0.3 is 15.3 Å². The van der Waals surface area contributed by atoms with Gasteiger partial charge in [0.25, 0.3) is 0 Å². The van der Waals surface area contributed by atoms with Crippen LogP contribution < -0.4 is 10.1 Å². The highest BCUT2D eigenvalue weighted by atomic mass is 32.2. The lowest BCUT2D eigenvalue weighted by atomic mass is 9.79. The molecule has 0 aromatic rings. The molecule has 0 aliphatic heterocycles. The van der Waals surface area contributed by atoms with Gasteiger partial charge in [0, 0.05) is 58.5 Å². The summed E-state index contributed by atoms with van der Waals surface area (Å²) >= 11 is 0. The number of hydrogen-bond acceptors (Lipinski definition) is 8. The highest BCUT2D eigenvalue weighted by Gasteiger charge is 2.44. The first kappa shape index (κ1) is 42.7. The van der Waals surface area contributed by atoms with Gasteiger partial charge in [0.1, 0.15) is 12.3 Å². The van der Waals surface area contributed by atoms with Crippen LogP contribution in [0.5, 0.6) is 0 Å². The van der Waals surface area contributed by atoms with Crippen LogP contribution in [0.3, 0.4) is 0 Å². The minimum Gasteiger partial charge on any atom is -0.390 e. The van der Waals surface area contributed by atoms with E-state index < -0.39 is 78.7 Å². The van der Waals surface area contributed by atoms with Crippen molar-refractivity contribution in [3.8, 4) is 0 Å². The first-order valence-corrected chi connectivity index (χ1v) is 20.6. The van der Waals surface area contributed by atoms with Crippen LogP contribution in [0.1, 0.15) is 98.8 Å². The minimum atomic E-state index is -3.83. The van der Waals surface area contributed by atoms with Crippen molar-refractivity contribution in [3.05, 3.63) is 0 Å². The molecule has 7 atom stereocenters. The maximum Gasteiger partial charge on any atom is 0.226 e. The molecule has 16 heteroatoms. The lowest BCUT2D eigenvalue weighted by Gasteiger charge is -2.38. The van der Waals surface area contributed by atoms with Gasteiger partial charge in [0.05, 0.1) is 22.6 Å². The monoisotopic (exact) mass is 729 g/mol. The minimum absolute atomic E-state index is 0.0286. The summed E-state index contributed by atoms with van der Waals surface area (Å²) < 4.78 is 81.9. The van der Waals surface area contributed by atoms with Crippen molar-refractivity contribution in [1.29, 1.82) is 0 Å². The molecule has 2 rings (SSSR count). The number of alkyl halides is 2. The van der Waals surface area contributed by atoms with E-state index >= 15 is 0 Å². The number of carbonyl (C=O) groups is 2. The smallest absolute Gasteiger partial charge is 0.226 e. The number of aliphatic hydroxyl groups excluding tert-OH is 1. The van der Waals surface area contributed by atoms with E-state index in [2.05, 4.69) is 10.1 Å². The Hall–Kier alpha value is -1.46. The number of nitrogens with zero attached hydrogens (tertiary/aromatic N) is 3. The normalized spacial score (nSPS) is 26.9. The standard InChI is InChI=1S/C32H61F2N5O7S2/c1-8-11-38(12-9-2)32(42)25-17-24(18-28(19-25)48(45,46)37(6)7)31(41)35-29(16-23-14-26(33)20-27(34)15-23)30(40)21-39(13-10-3)36-47(43,44)22(4)5/h22-30,36,40H,8-21H2,1-7H3,(H,35,41). The van der Waals surface area contributed by atoms with E-state index in [1.54, 1.807) is 4.90 Å². The number of hydrazine groups is 1. The third-order valence-electron chi connectivity index (χ3n) is 9.46. The molecule has 2 fully saturated rings. The third-order valence-corrected chi connectivity index (χ3v) is 13.5. The summed E-state index contributed by atoms with van der Waals surface area (Å²) in [4.78, 5) is 31.9.